The summed E-state index contributed by atoms with van der Waals surface area (Å²) in [6.45, 7) is 35.3. The van der Waals surface area contributed by atoms with Crippen LogP contribution in [-0.2, 0) is 140 Å². The monoisotopic (exact) mass is 1300 g/mol. The van der Waals surface area contributed by atoms with Gasteiger partial charge in [0.15, 0.2) is 0 Å². The lowest BCUT2D eigenvalue weighted by atomic mass is 10.4. The predicted octanol–water partition coefficient (Wildman–Crippen LogP) is 4.60. The van der Waals surface area contributed by atoms with Crippen LogP contribution in [-0.4, -0.2) is 213 Å². The molecule has 0 aromatic rings. The van der Waals surface area contributed by atoms with E-state index in [1.54, 1.807) is 76.2 Å². The first-order valence-electron chi connectivity index (χ1n) is 28.7. The Hall–Kier alpha value is -5.05. The van der Waals surface area contributed by atoms with E-state index in [1.165, 1.54) is 75.8 Å². The first kappa shape index (κ1) is 85.2. The normalized spacial score (nSPS) is 16.6. The van der Waals surface area contributed by atoms with Crippen LogP contribution < -0.4 is 0 Å². The van der Waals surface area contributed by atoms with Crippen LogP contribution >= 0.6 is 0 Å². The number of ether oxygens (including phenoxy) is 10. The largest absolute Gasteiger partial charge is 0.682 e. The summed E-state index contributed by atoms with van der Waals surface area (Å²) in [6, 6.07) is 0.213. The second-order valence-electron chi connectivity index (χ2n) is 17.5. The summed E-state index contributed by atoms with van der Waals surface area (Å²) in [6.07, 6.45) is -11.2. The number of carbonyl (C=O) groups excluding carboxylic acids is 10. The van der Waals surface area contributed by atoms with Gasteiger partial charge in [-0.3, -0.25) is 0 Å². The quantitative estimate of drug-likeness (QED) is 0.0458. The minimum atomic E-state index is -4.62. The van der Waals surface area contributed by atoms with Crippen molar-refractivity contribution < 1.29 is 140 Å². The molecule has 0 fully saturated rings. The van der Waals surface area contributed by atoms with Gasteiger partial charge in [-0.1, -0.05) is 6.92 Å². The summed E-state index contributed by atoms with van der Waals surface area (Å²) in [7, 11) is -11.9. The minimum Gasteiger partial charge on any atom is -0.464 e. The van der Waals surface area contributed by atoms with Crippen LogP contribution in [0.3, 0.4) is 0 Å². The number of hydrogen-bond donors (Lipinski definition) is 0. The van der Waals surface area contributed by atoms with Gasteiger partial charge in [0.05, 0.1) is 66.1 Å². The highest BCUT2D eigenvalue weighted by molar-refractivity contribution is 6.61. The molecule has 10 atom stereocenters. The van der Waals surface area contributed by atoms with Gasteiger partial charge in [0.2, 0.25) is 0 Å². The van der Waals surface area contributed by atoms with Crippen molar-refractivity contribution in [2.45, 2.75) is 219 Å². The molecule has 0 spiro atoms. The van der Waals surface area contributed by atoms with Gasteiger partial charge in [-0.05, 0) is 138 Å². The highest BCUT2D eigenvalue weighted by Gasteiger charge is 2.56. The van der Waals surface area contributed by atoms with Gasteiger partial charge < -0.3 is 91.6 Å². The van der Waals surface area contributed by atoms with Crippen LogP contribution in [0.4, 0.5) is 0 Å². The molecule has 0 amide bonds. The van der Waals surface area contributed by atoms with E-state index in [-0.39, 0.29) is 72.1 Å². The van der Waals surface area contributed by atoms with Crippen molar-refractivity contribution in [3.8, 4) is 0 Å². The van der Waals surface area contributed by atoms with Crippen molar-refractivity contribution in [1.82, 2.24) is 0 Å². The summed E-state index contributed by atoms with van der Waals surface area (Å²) in [5.41, 5.74) is 0. The predicted molar refractivity (Wildman–Crippen MR) is 305 cm³/mol. The van der Waals surface area contributed by atoms with Gasteiger partial charge in [-0.2, -0.15) is 0 Å². The SMILES string of the molecule is CCOC(=O)C(C)O[Si](C)(OC(C)C(=O)OCC)OC(C)C(=O)OCC.CCOC(=O)C(C)O[Si](CC)(OC(C)C(=O)OCC)OC(C)C(=O)OCC.CCOC(=O)C(C)O[Si](OC(C)C(=O)OCC)(OC(C)C(=O)OCC)OC(C)C(=O)OCC. The molecule has 0 heterocycles. The lowest BCUT2D eigenvalue weighted by Crippen LogP contribution is -2.59. The first-order valence-corrected chi connectivity index (χ1v) is 34.4. The molecule has 0 N–H and O–H groups in total. The third-order valence-electron chi connectivity index (χ3n) is 10.1. The Morgan fingerprint density at radius 2 is 0.360 bits per heavy atom. The van der Waals surface area contributed by atoms with Crippen LogP contribution in [0.1, 0.15) is 145 Å². The van der Waals surface area contributed by atoms with Crippen molar-refractivity contribution in [1.29, 1.82) is 0 Å². The third kappa shape index (κ3) is 34.5. The van der Waals surface area contributed by atoms with Crippen molar-refractivity contribution >= 4 is 86.3 Å². The first-order chi connectivity index (χ1) is 40.2. The molecule has 0 saturated carbocycles. The van der Waals surface area contributed by atoms with E-state index in [1.807, 2.05) is 0 Å². The van der Waals surface area contributed by atoms with Crippen LogP contribution in [0.15, 0.2) is 0 Å². The Labute approximate surface area is 509 Å². The van der Waals surface area contributed by atoms with Crippen LogP contribution in [0.25, 0.3) is 0 Å². The molecular weight excluding hydrogens is 1200 g/mol. The summed E-state index contributed by atoms with van der Waals surface area (Å²) < 4.78 is 107. The fourth-order valence-corrected chi connectivity index (χ4v) is 13.7. The van der Waals surface area contributed by atoms with Crippen LogP contribution in [0.5, 0.6) is 0 Å². The molecule has 0 rings (SSSR count). The number of carbonyl (C=O) groups is 10. The summed E-state index contributed by atoms with van der Waals surface area (Å²) in [5, 5.41) is 0. The molecular formula is C53H98O30Si3. The fraction of sp³-hybridized carbons (Fsp3) is 0.811. The molecule has 10 unspecified atom stereocenters. The average Bonchev–Trinajstić information content (AvgIpc) is 3.29. The smallest absolute Gasteiger partial charge is 0.464 e. The van der Waals surface area contributed by atoms with E-state index in [9.17, 15) is 47.9 Å². The molecule has 0 radical (unpaired) electrons. The molecule has 0 aromatic carbocycles. The maximum atomic E-state index is 12.2. The van der Waals surface area contributed by atoms with Gasteiger partial charge >= 0.3 is 86.3 Å². The van der Waals surface area contributed by atoms with Gasteiger partial charge in [-0.25, -0.2) is 47.9 Å². The number of rotatable bonds is 41. The molecule has 0 bridgehead atoms. The zero-order valence-electron chi connectivity index (χ0n) is 54.3. The molecule has 30 nitrogen and oxygen atoms in total. The van der Waals surface area contributed by atoms with Gasteiger partial charge in [-0.15, -0.1) is 0 Å². The lowest BCUT2D eigenvalue weighted by molar-refractivity contribution is -0.175. The van der Waals surface area contributed by atoms with Crippen molar-refractivity contribution in [2.24, 2.45) is 0 Å². The molecule has 33 heteroatoms. The molecule has 0 aliphatic carbocycles. The van der Waals surface area contributed by atoms with E-state index in [0.29, 0.717) is 0 Å². The van der Waals surface area contributed by atoms with Crippen molar-refractivity contribution in [2.75, 3.05) is 66.1 Å². The standard InChI is InChI=1S/C20H36O12Si.C17H32O9Si.C16H30O9Si/c1-9-25-17(21)13(5)29-33(30-14(6)18(22)26-10-2,31-15(7)19(23)27-11-3)32-16(8)20(24)28-12-4;1-8-21-15(18)12(5)24-27(11-4,25-13(6)16(19)22-9-2)26-14(7)17(20)23-10-3;1-8-20-14(17)11(4)23-26(7,24-12(5)15(18)21-9-2)25-13(6)16(19)22-10-3/h13-16H,9-12H2,1-8H3;12-14H,8-11H2,1-7H3;11-13H,8-10H2,1-7H3. The Morgan fingerprint density at radius 1 is 0.233 bits per heavy atom. The topological polar surface area (TPSA) is 355 Å². The van der Waals surface area contributed by atoms with Crippen LogP contribution in [0, 0.1) is 0 Å². The molecule has 0 aliphatic heterocycles. The summed E-state index contributed by atoms with van der Waals surface area (Å²) in [5.74, 6) is -6.71. The zero-order valence-corrected chi connectivity index (χ0v) is 57.3. The van der Waals surface area contributed by atoms with E-state index >= 15 is 0 Å². The van der Waals surface area contributed by atoms with Gasteiger partial charge in [0.25, 0.3) is 0 Å². The highest BCUT2D eigenvalue weighted by atomic mass is 28.4. The second-order valence-corrected chi connectivity index (χ2v) is 24.7. The molecule has 502 valence electrons. The maximum absolute atomic E-state index is 12.2. The maximum Gasteiger partial charge on any atom is 0.682 e. The third-order valence-corrected chi connectivity index (χ3v) is 18.1. The summed E-state index contributed by atoms with van der Waals surface area (Å²) >= 11 is 0. The van der Waals surface area contributed by atoms with Gasteiger partial charge in [0, 0.05) is 12.6 Å². The zero-order chi connectivity index (χ0) is 67.0. The van der Waals surface area contributed by atoms with E-state index < -0.39 is 147 Å². The minimum absolute atomic E-state index is 0.0708. The highest BCUT2D eigenvalue weighted by Crippen LogP contribution is 2.26. The molecule has 0 aromatic heterocycles. The molecule has 0 aliphatic rings. The fourth-order valence-electron chi connectivity index (χ4n) is 6.30. The number of hydrogen-bond acceptors (Lipinski definition) is 30. The van der Waals surface area contributed by atoms with Crippen molar-refractivity contribution in [3.05, 3.63) is 0 Å². The lowest BCUT2D eigenvalue weighted by Gasteiger charge is -2.34. The number of esters is 10. The Kier molecular flexibility index (Phi) is 45.7. The Morgan fingerprint density at radius 3 is 0.488 bits per heavy atom. The Bertz CT molecular complexity index is 1790. The Balaban J connectivity index is -0.00000121. The van der Waals surface area contributed by atoms with Crippen LogP contribution in [0.2, 0.25) is 12.6 Å². The molecule has 0 saturated heterocycles. The van der Waals surface area contributed by atoms with Gasteiger partial charge in [0.1, 0.15) is 61.0 Å². The van der Waals surface area contributed by atoms with E-state index in [2.05, 4.69) is 0 Å². The molecule has 86 heavy (non-hydrogen) atoms. The average molecular weight is 1300 g/mol. The van der Waals surface area contributed by atoms with E-state index in [4.69, 9.17) is 91.6 Å². The summed E-state index contributed by atoms with van der Waals surface area (Å²) in [4.78, 5) is 120. The second kappa shape index (κ2) is 46.1. The van der Waals surface area contributed by atoms with Crippen molar-refractivity contribution in [3.63, 3.8) is 0 Å². The van der Waals surface area contributed by atoms with E-state index in [0.717, 1.165) is 0 Å².